The molecule has 1 aromatic carbocycles. The number of carbonyl (C=O) groups excluding carboxylic acids is 2. The lowest BCUT2D eigenvalue weighted by molar-refractivity contribution is -0.384. The van der Waals surface area contributed by atoms with E-state index in [9.17, 15) is 19.7 Å². The van der Waals surface area contributed by atoms with Gasteiger partial charge in [-0.1, -0.05) is 30.9 Å². The minimum absolute atomic E-state index is 0.0286. The maximum absolute atomic E-state index is 12.6. The summed E-state index contributed by atoms with van der Waals surface area (Å²) in [7, 11) is 0. The Morgan fingerprint density at radius 1 is 1.11 bits per heavy atom. The fourth-order valence-electron chi connectivity index (χ4n) is 3.92. The summed E-state index contributed by atoms with van der Waals surface area (Å²) < 4.78 is 0. The van der Waals surface area contributed by atoms with Gasteiger partial charge in [0, 0.05) is 37.2 Å². The van der Waals surface area contributed by atoms with E-state index in [1.54, 1.807) is 0 Å². The zero-order valence-corrected chi connectivity index (χ0v) is 15.9. The Balaban J connectivity index is 1.52. The average Bonchev–Trinajstić information content (AvgIpc) is 2.68. The molecule has 1 heterocycles. The maximum atomic E-state index is 12.6. The molecular formula is C19H24ClN3O4. The Morgan fingerprint density at radius 2 is 1.78 bits per heavy atom. The first-order chi connectivity index (χ1) is 13.0. The van der Waals surface area contributed by atoms with Gasteiger partial charge in [0.05, 0.1) is 15.5 Å². The third kappa shape index (κ3) is 4.77. The van der Waals surface area contributed by atoms with Gasteiger partial charge in [0.1, 0.15) is 0 Å². The monoisotopic (exact) mass is 393 g/mol. The van der Waals surface area contributed by atoms with Crippen LogP contribution in [-0.2, 0) is 4.79 Å². The normalized spacial score (nSPS) is 18.9. The number of nitrogens with one attached hydrogen (secondary N) is 1. The molecule has 2 amide bonds. The van der Waals surface area contributed by atoms with Crippen molar-refractivity contribution < 1.29 is 14.5 Å². The Morgan fingerprint density at radius 3 is 2.37 bits per heavy atom. The van der Waals surface area contributed by atoms with Gasteiger partial charge in [-0.2, -0.15) is 0 Å². The van der Waals surface area contributed by atoms with Gasteiger partial charge in [0.2, 0.25) is 5.91 Å². The van der Waals surface area contributed by atoms with Crippen LogP contribution in [0, 0.1) is 16.0 Å². The van der Waals surface area contributed by atoms with Crippen LogP contribution in [0.3, 0.4) is 0 Å². The van der Waals surface area contributed by atoms with E-state index in [0.717, 1.165) is 25.7 Å². The largest absolute Gasteiger partial charge is 0.349 e. The van der Waals surface area contributed by atoms with E-state index < -0.39 is 4.92 Å². The van der Waals surface area contributed by atoms with E-state index in [4.69, 9.17) is 11.6 Å². The van der Waals surface area contributed by atoms with Gasteiger partial charge in [-0.3, -0.25) is 19.7 Å². The molecule has 0 aromatic heterocycles. The maximum Gasteiger partial charge on any atom is 0.270 e. The van der Waals surface area contributed by atoms with Crippen LogP contribution in [0.2, 0.25) is 5.02 Å². The van der Waals surface area contributed by atoms with Crippen LogP contribution in [0.15, 0.2) is 18.2 Å². The fourth-order valence-corrected chi connectivity index (χ4v) is 4.18. The van der Waals surface area contributed by atoms with Crippen LogP contribution >= 0.6 is 11.6 Å². The summed E-state index contributed by atoms with van der Waals surface area (Å²) in [4.78, 5) is 37.2. The first kappa shape index (κ1) is 19.6. The van der Waals surface area contributed by atoms with Gasteiger partial charge in [-0.05, 0) is 31.7 Å². The molecule has 0 atom stereocenters. The van der Waals surface area contributed by atoms with E-state index in [1.807, 2.05) is 4.90 Å². The molecule has 146 valence electrons. The topological polar surface area (TPSA) is 92.6 Å². The molecule has 1 saturated heterocycles. The van der Waals surface area contributed by atoms with Gasteiger partial charge in [0.15, 0.2) is 0 Å². The van der Waals surface area contributed by atoms with Crippen molar-refractivity contribution in [1.29, 1.82) is 0 Å². The second kappa shape index (κ2) is 8.69. The number of piperidine rings is 1. The van der Waals surface area contributed by atoms with Gasteiger partial charge >= 0.3 is 0 Å². The molecule has 3 rings (SSSR count). The quantitative estimate of drug-likeness (QED) is 0.625. The zero-order valence-electron chi connectivity index (χ0n) is 15.2. The number of carbonyl (C=O) groups is 2. The van der Waals surface area contributed by atoms with Crippen molar-refractivity contribution in [2.24, 2.45) is 5.92 Å². The molecular weight excluding hydrogens is 370 g/mol. The van der Waals surface area contributed by atoms with Crippen molar-refractivity contribution in [1.82, 2.24) is 10.2 Å². The molecule has 8 heteroatoms. The SMILES string of the molecule is O=C(NC1CCN(C(=O)C2CCCCC2)CC1)c1ccc([N+](=O)[O-])cc1Cl. The lowest BCUT2D eigenvalue weighted by Crippen LogP contribution is -2.48. The summed E-state index contributed by atoms with van der Waals surface area (Å²) in [5, 5.41) is 13.8. The number of non-ortho nitro benzene ring substituents is 1. The predicted molar refractivity (Wildman–Crippen MR) is 102 cm³/mol. The molecule has 1 N–H and O–H groups in total. The summed E-state index contributed by atoms with van der Waals surface area (Å²) in [5.41, 5.74) is 0.0778. The standard InChI is InChI=1S/C19H24ClN3O4/c20-17-12-15(23(26)27)6-7-16(17)18(24)21-14-8-10-22(11-9-14)19(25)13-4-2-1-3-5-13/h6-7,12-14H,1-5,8-11H2,(H,21,24). The summed E-state index contributed by atoms with van der Waals surface area (Å²) in [6.07, 6.45) is 6.90. The highest BCUT2D eigenvalue weighted by atomic mass is 35.5. The van der Waals surface area contributed by atoms with Crippen molar-refractivity contribution >= 4 is 29.1 Å². The van der Waals surface area contributed by atoms with E-state index in [1.165, 1.54) is 24.6 Å². The number of likely N-dealkylation sites (tertiary alicyclic amines) is 1. The molecule has 1 aromatic rings. The number of nitro groups is 1. The molecule has 0 bridgehead atoms. The van der Waals surface area contributed by atoms with Gasteiger partial charge in [-0.15, -0.1) is 0 Å². The van der Waals surface area contributed by atoms with Crippen LogP contribution in [-0.4, -0.2) is 40.8 Å². The van der Waals surface area contributed by atoms with Crippen molar-refractivity contribution in [2.75, 3.05) is 13.1 Å². The number of nitro benzene ring substituents is 1. The van der Waals surface area contributed by atoms with Crippen LogP contribution in [0.25, 0.3) is 0 Å². The van der Waals surface area contributed by atoms with Gasteiger partial charge < -0.3 is 10.2 Å². The summed E-state index contributed by atoms with van der Waals surface area (Å²) in [6.45, 7) is 1.29. The predicted octanol–water partition coefficient (Wildman–Crippen LogP) is 3.55. The third-order valence-electron chi connectivity index (χ3n) is 5.50. The number of nitrogens with zero attached hydrogens (tertiary/aromatic N) is 2. The van der Waals surface area contributed by atoms with Crippen LogP contribution in [0.1, 0.15) is 55.3 Å². The highest BCUT2D eigenvalue weighted by Gasteiger charge is 2.29. The van der Waals surface area contributed by atoms with Crippen molar-refractivity contribution in [2.45, 2.75) is 51.0 Å². The van der Waals surface area contributed by atoms with Gasteiger partial charge in [0.25, 0.3) is 11.6 Å². The Hall–Kier alpha value is -2.15. The first-order valence-electron chi connectivity index (χ1n) is 9.49. The number of benzene rings is 1. The van der Waals surface area contributed by atoms with Crippen molar-refractivity contribution in [3.8, 4) is 0 Å². The Kier molecular flexibility index (Phi) is 6.31. The number of amides is 2. The minimum Gasteiger partial charge on any atom is -0.349 e. The van der Waals surface area contributed by atoms with Crippen LogP contribution in [0.5, 0.6) is 0 Å². The minimum atomic E-state index is -0.549. The average molecular weight is 394 g/mol. The number of hydrogen-bond donors (Lipinski definition) is 1. The molecule has 0 unspecified atom stereocenters. The van der Waals surface area contributed by atoms with E-state index in [2.05, 4.69) is 5.32 Å². The first-order valence-corrected chi connectivity index (χ1v) is 9.87. The summed E-state index contributed by atoms with van der Waals surface area (Å²) >= 11 is 6.02. The molecule has 0 radical (unpaired) electrons. The number of halogens is 1. The van der Waals surface area contributed by atoms with E-state index in [-0.39, 0.29) is 40.0 Å². The van der Waals surface area contributed by atoms with E-state index in [0.29, 0.717) is 25.9 Å². The molecule has 1 aliphatic carbocycles. The molecule has 1 saturated carbocycles. The summed E-state index contributed by atoms with van der Waals surface area (Å²) in [5.74, 6) is 0.0913. The lowest BCUT2D eigenvalue weighted by atomic mass is 9.87. The highest BCUT2D eigenvalue weighted by Crippen LogP contribution is 2.27. The Labute approximate surface area is 163 Å². The number of hydrogen-bond acceptors (Lipinski definition) is 4. The van der Waals surface area contributed by atoms with Crippen molar-refractivity contribution in [3.05, 3.63) is 38.9 Å². The second-order valence-electron chi connectivity index (χ2n) is 7.33. The molecule has 0 spiro atoms. The number of rotatable bonds is 4. The van der Waals surface area contributed by atoms with Gasteiger partial charge in [-0.25, -0.2) is 0 Å². The highest BCUT2D eigenvalue weighted by molar-refractivity contribution is 6.34. The van der Waals surface area contributed by atoms with Crippen LogP contribution < -0.4 is 5.32 Å². The Bertz CT molecular complexity index is 726. The summed E-state index contributed by atoms with van der Waals surface area (Å²) in [6, 6.07) is 3.80. The smallest absolute Gasteiger partial charge is 0.270 e. The molecule has 27 heavy (non-hydrogen) atoms. The molecule has 7 nitrogen and oxygen atoms in total. The zero-order chi connectivity index (χ0) is 19.4. The molecule has 2 aliphatic rings. The second-order valence-corrected chi connectivity index (χ2v) is 7.74. The lowest BCUT2D eigenvalue weighted by Gasteiger charge is -2.35. The molecule has 2 fully saturated rings. The fraction of sp³-hybridized carbons (Fsp3) is 0.579. The van der Waals surface area contributed by atoms with E-state index >= 15 is 0 Å². The van der Waals surface area contributed by atoms with Crippen molar-refractivity contribution in [3.63, 3.8) is 0 Å². The third-order valence-corrected chi connectivity index (χ3v) is 5.82. The molecule has 1 aliphatic heterocycles. The van der Waals surface area contributed by atoms with Crippen LogP contribution in [0.4, 0.5) is 5.69 Å².